The summed E-state index contributed by atoms with van der Waals surface area (Å²) in [5.41, 5.74) is 0.852. The van der Waals surface area contributed by atoms with Crippen molar-refractivity contribution in [3.05, 3.63) is 58.8 Å². The minimum absolute atomic E-state index is 0.00938. The number of furan rings is 1. The first-order valence-corrected chi connectivity index (χ1v) is 7.42. The second kappa shape index (κ2) is 5.87. The molecule has 0 aliphatic heterocycles. The van der Waals surface area contributed by atoms with Crippen LogP contribution in [-0.2, 0) is 6.42 Å². The number of carbonyl (C=O) groups excluding carboxylic acids is 1. The summed E-state index contributed by atoms with van der Waals surface area (Å²) in [7, 11) is 0. The van der Waals surface area contributed by atoms with E-state index in [-0.39, 0.29) is 34.9 Å². The fourth-order valence-corrected chi connectivity index (χ4v) is 2.68. The van der Waals surface area contributed by atoms with Crippen molar-refractivity contribution in [1.82, 2.24) is 5.32 Å². The first kappa shape index (κ1) is 15.3. The molecular weight excluding hydrogens is 301 g/mol. The molecule has 2 N–H and O–H groups in total. The van der Waals surface area contributed by atoms with Crippen molar-refractivity contribution in [3.8, 4) is 0 Å². The Morgan fingerprint density at radius 1 is 1.39 bits per heavy atom. The summed E-state index contributed by atoms with van der Waals surface area (Å²) in [5.74, 6) is -1.52. The van der Waals surface area contributed by atoms with Crippen LogP contribution in [-0.4, -0.2) is 23.0 Å². The zero-order chi connectivity index (χ0) is 16.6. The smallest absolute Gasteiger partial charge is 0.339 e. The summed E-state index contributed by atoms with van der Waals surface area (Å²) < 4.78 is 18.5. The number of nitrogens with one attached hydrogen (secondary N) is 1. The lowest BCUT2D eigenvalue weighted by molar-refractivity contribution is 0.0694. The van der Waals surface area contributed by atoms with Gasteiger partial charge in [-0.15, -0.1) is 0 Å². The second-order valence-electron chi connectivity index (χ2n) is 5.58. The van der Waals surface area contributed by atoms with Crippen molar-refractivity contribution < 1.29 is 23.5 Å². The van der Waals surface area contributed by atoms with Gasteiger partial charge in [-0.25, -0.2) is 9.18 Å². The van der Waals surface area contributed by atoms with Crippen molar-refractivity contribution in [3.63, 3.8) is 0 Å². The van der Waals surface area contributed by atoms with Gasteiger partial charge in [0.15, 0.2) is 5.76 Å². The van der Waals surface area contributed by atoms with E-state index >= 15 is 0 Å². The van der Waals surface area contributed by atoms with Crippen LogP contribution in [0.1, 0.15) is 51.5 Å². The molecule has 1 fully saturated rings. The van der Waals surface area contributed by atoms with Gasteiger partial charge in [0, 0.05) is 24.4 Å². The standard InChI is InChI=1S/C17H16FNO4/c1-2-14-12(17(21)22)8-15(23-14)16(20)19-13-7-11(13)9-4-3-5-10(18)6-9/h3-6,8,11,13H,2,7H2,1H3,(H,19,20)(H,21,22)/t11-,13+/m0/s1. The SMILES string of the molecule is CCc1oc(C(=O)N[C@@H]2C[C@H]2c2cccc(F)c2)cc1C(=O)O. The van der Waals surface area contributed by atoms with Gasteiger partial charge >= 0.3 is 5.97 Å². The summed E-state index contributed by atoms with van der Waals surface area (Å²) in [5, 5.41) is 11.9. The number of carboxylic acid groups (broad SMARTS) is 1. The zero-order valence-corrected chi connectivity index (χ0v) is 12.5. The number of halogens is 1. The average molecular weight is 317 g/mol. The first-order valence-electron chi connectivity index (χ1n) is 7.42. The first-order chi connectivity index (χ1) is 11.0. The summed E-state index contributed by atoms with van der Waals surface area (Å²) >= 11 is 0. The van der Waals surface area contributed by atoms with Gasteiger partial charge in [-0.05, 0) is 24.1 Å². The number of benzene rings is 1. The Bertz CT molecular complexity index is 768. The van der Waals surface area contributed by atoms with Crippen LogP contribution in [0.2, 0.25) is 0 Å². The fourth-order valence-electron chi connectivity index (χ4n) is 2.68. The predicted molar refractivity (Wildman–Crippen MR) is 80.1 cm³/mol. The largest absolute Gasteiger partial charge is 0.478 e. The quantitative estimate of drug-likeness (QED) is 0.888. The number of rotatable bonds is 5. The lowest BCUT2D eigenvalue weighted by atomic mass is 10.1. The Balaban J connectivity index is 1.68. The molecule has 1 aliphatic carbocycles. The van der Waals surface area contributed by atoms with Gasteiger partial charge < -0.3 is 14.8 Å². The molecule has 5 nitrogen and oxygen atoms in total. The molecule has 0 radical (unpaired) electrons. The van der Waals surface area contributed by atoms with E-state index < -0.39 is 11.9 Å². The van der Waals surface area contributed by atoms with E-state index in [1.54, 1.807) is 13.0 Å². The lowest BCUT2D eigenvalue weighted by Crippen LogP contribution is -2.26. The minimum atomic E-state index is -1.12. The number of aromatic carboxylic acids is 1. The Morgan fingerprint density at radius 3 is 2.78 bits per heavy atom. The summed E-state index contributed by atoms with van der Waals surface area (Å²) in [4.78, 5) is 23.3. The molecule has 2 atom stereocenters. The third-order valence-corrected chi connectivity index (χ3v) is 3.97. The highest BCUT2D eigenvalue weighted by molar-refractivity contribution is 5.96. The van der Waals surface area contributed by atoms with Crippen LogP contribution in [0.25, 0.3) is 0 Å². The Kier molecular flexibility index (Phi) is 3.90. The summed E-state index contributed by atoms with van der Waals surface area (Å²) in [6, 6.07) is 7.46. The molecule has 23 heavy (non-hydrogen) atoms. The van der Waals surface area contributed by atoms with Gasteiger partial charge in [-0.1, -0.05) is 19.1 Å². The van der Waals surface area contributed by atoms with Crippen molar-refractivity contribution in [2.24, 2.45) is 0 Å². The maximum atomic E-state index is 13.2. The van der Waals surface area contributed by atoms with E-state index in [0.717, 1.165) is 12.0 Å². The van der Waals surface area contributed by atoms with Gasteiger partial charge in [0.2, 0.25) is 0 Å². The molecule has 120 valence electrons. The number of amides is 1. The molecule has 6 heteroatoms. The van der Waals surface area contributed by atoms with Crippen LogP contribution < -0.4 is 5.32 Å². The molecule has 0 saturated heterocycles. The van der Waals surface area contributed by atoms with Gasteiger partial charge in [0.25, 0.3) is 5.91 Å². The molecule has 0 spiro atoms. The fraction of sp³-hybridized carbons (Fsp3) is 0.294. The Morgan fingerprint density at radius 2 is 2.17 bits per heavy atom. The van der Waals surface area contributed by atoms with Crippen LogP contribution in [0, 0.1) is 5.82 Å². The van der Waals surface area contributed by atoms with E-state index in [1.165, 1.54) is 18.2 Å². The highest BCUT2D eigenvalue weighted by Crippen LogP contribution is 2.41. The average Bonchev–Trinajstić information content (AvgIpc) is 3.13. The number of carboxylic acids is 1. The predicted octanol–water partition coefficient (Wildman–Crippen LogP) is 2.97. The number of hydrogen-bond acceptors (Lipinski definition) is 3. The van der Waals surface area contributed by atoms with Crippen molar-refractivity contribution in [1.29, 1.82) is 0 Å². The molecule has 2 aromatic rings. The van der Waals surface area contributed by atoms with Crippen LogP contribution in [0.3, 0.4) is 0 Å². The normalized spacial score (nSPS) is 19.4. The third kappa shape index (κ3) is 3.11. The summed E-state index contributed by atoms with van der Waals surface area (Å²) in [6.45, 7) is 1.76. The van der Waals surface area contributed by atoms with Gasteiger partial charge in [0.1, 0.15) is 17.1 Å². The lowest BCUT2D eigenvalue weighted by Gasteiger charge is -2.03. The molecule has 1 aromatic heterocycles. The number of carbonyl (C=O) groups is 2. The maximum Gasteiger partial charge on any atom is 0.339 e. The van der Waals surface area contributed by atoms with E-state index in [9.17, 15) is 14.0 Å². The van der Waals surface area contributed by atoms with Crippen molar-refractivity contribution >= 4 is 11.9 Å². The molecule has 1 aliphatic rings. The van der Waals surface area contributed by atoms with E-state index in [0.29, 0.717) is 6.42 Å². The molecule has 1 saturated carbocycles. The monoisotopic (exact) mass is 317 g/mol. The third-order valence-electron chi connectivity index (χ3n) is 3.97. The van der Waals surface area contributed by atoms with Crippen LogP contribution in [0.4, 0.5) is 4.39 Å². The minimum Gasteiger partial charge on any atom is -0.478 e. The highest BCUT2D eigenvalue weighted by atomic mass is 19.1. The maximum absolute atomic E-state index is 13.2. The van der Waals surface area contributed by atoms with E-state index in [1.807, 2.05) is 6.07 Å². The van der Waals surface area contributed by atoms with Gasteiger partial charge in [-0.3, -0.25) is 4.79 Å². The second-order valence-corrected chi connectivity index (χ2v) is 5.58. The molecular formula is C17H16FNO4. The zero-order valence-electron chi connectivity index (χ0n) is 12.5. The highest BCUT2D eigenvalue weighted by Gasteiger charge is 2.40. The van der Waals surface area contributed by atoms with Crippen molar-refractivity contribution in [2.45, 2.75) is 31.7 Å². The van der Waals surface area contributed by atoms with Crippen molar-refractivity contribution in [2.75, 3.05) is 0 Å². The van der Waals surface area contributed by atoms with E-state index in [2.05, 4.69) is 5.32 Å². The van der Waals surface area contributed by atoms with Gasteiger partial charge in [0.05, 0.1) is 0 Å². The van der Waals surface area contributed by atoms with Gasteiger partial charge in [-0.2, -0.15) is 0 Å². The van der Waals surface area contributed by atoms with Crippen LogP contribution >= 0.6 is 0 Å². The Labute approximate surface area is 132 Å². The molecule has 3 rings (SSSR count). The number of aryl methyl sites for hydroxylation is 1. The van der Waals surface area contributed by atoms with Crippen LogP contribution in [0.5, 0.6) is 0 Å². The molecule has 0 bridgehead atoms. The summed E-state index contributed by atoms with van der Waals surface area (Å²) in [6.07, 6.45) is 1.12. The Hall–Kier alpha value is -2.63. The molecule has 0 unspecified atom stereocenters. The molecule has 1 aromatic carbocycles. The van der Waals surface area contributed by atoms with E-state index in [4.69, 9.17) is 9.52 Å². The van der Waals surface area contributed by atoms with Crippen LogP contribution in [0.15, 0.2) is 34.7 Å². The molecule has 1 amide bonds. The number of hydrogen-bond donors (Lipinski definition) is 2. The molecule has 1 heterocycles. The topological polar surface area (TPSA) is 79.5 Å².